The molecule has 1 heterocycles. The summed E-state index contributed by atoms with van der Waals surface area (Å²) in [5, 5.41) is 15.1. The molecule has 2 aromatic rings. The van der Waals surface area contributed by atoms with Crippen molar-refractivity contribution in [2.45, 2.75) is 51.4 Å². The number of non-ortho nitro benzene ring substituents is 1. The third-order valence-corrected chi connectivity index (χ3v) is 7.50. The molecular weight excluding hydrogens is 524 g/mol. The Hall–Kier alpha value is -3.85. The summed E-state index contributed by atoms with van der Waals surface area (Å²) < 4.78 is 16.3. The number of carbonyl (C=O) groups is 2. The second-order valence-corrected chi connectivity index (χ2v) is 9.99. The Morgan fingerprint density at radius 2 is 1.87 bits per heavy atom. The molecule has 4 rings (SSSR count). The molecule has 2 aliphatic rings. The first kappa shape index (κ1) is 28.2. The number of carbonyl (C=O) groups excluding carboxylic acids is 2. The molecule has 10 heteroatoms. The summed E-state index contributed by atoms with van der Waals surface area (Å²) in [6.07, 6.45) is 2.19. The molecule has 0 saturated carbocycles. The number of allylic oxidation sites excluding steroid dienone is 3. The first-order valence-electron chi connectivity index (χ1n) is 12.8. The van der Waals surface area contributed by atoms with Gasteiger partial charge in [0, 0.05) is 46.5 Å². The van der Waals surface area contributed by atoms with Crippen molar-refractivity contribution in [3.63, 3.8) is 0 Å². The fraction of sp³-hybridized carbons (Fsp3) is 0.379. The van der Waals surface area contributed by atoms with Crippen LogP contribution in [0.25, 0.3) is 0 Å². The maximum absolute atomic E-state index is 13.8. The molecule has 9 nitrogen and oxygen atoms in total. The number of Topliss-reactive ketones (excluding diaryl/α,β-unsaturated/α-hetero) is 1. The zero-order valence-corrected chi connectivity index (χ0v) is 23.1. The normalized spacial score (nSPS) is 18.8. The van der Waals surface area contributed by atoms with E-state index < -0.39 is 16.8 Å². The number of dihydropyridines is 1. The Kier molecular flexibility index (Phi) is 8.60. The minimum absolute atomic E-state index is 0.157. The number of hydrogen-bond donors (Lipinski definition) is 1. The lowest BCUT2D eigenvalue weighted by atomic mass is 9.71. The molecule has 0 radical (unpaired) electrons. The SMILES string of the molecule is CCCCOC(=O)C1=C(C)NC2=C(C(=O)CC(c3ccc(OC)c(OC)c3)C2)C1c1cc([N+](=O)[O-])ccc1Cl. The monoisotopic (exact) mass is 554 g/mol. The Labute approximate surface area is 231 Å². The molecule has 0 saturated heterocycles. The standard InChI is InChI=1S/C29H31ClN2O7/c1-5-6-11-39-29(34)26-16(2)31-22-12-18(17-7-10-24(37-3)25(14-17)38-4)13-23(33)28(22)27(26)20-15-19(32(35)36)8-9-21(20)30/h7-10,14-15,18,27,31H,5-6,11-13H2,1-4H3. The van der Waals surface area contributed by atoms with Crippen molar-refractivity contribution in [1.82, 2.24) is 5.32 Å². The average molecular weight is 555 g/mol. The van der Waals surface area contributed by atoms with Crippen LogP contribution in [0.1, 0.15) is 62.5 Å². The van der Waals surface area contributed by atoms with Crippen LogP contribution in [-0.2, 0) is 14.3 Å². The largest absolute Gasteiger partial charge is 0.493 e. The third kappa shape index (κ3) is 5.63. The van der Waals surface area contributed by atoms with Gasteiger partial charge in [-0.3, -0.25) is 14.9 Å². The fourth-order valence-electron chi connectivity index (χ4n) is 5.22. The lowest BCUT2D eigenvalue weighted by Gasteiger charge is -2.37. The molecule has 1 aliphatic heterocycles. The Morgan fingerprint density at radius 3 is 2.54 bits per heavy atom. The van der Waals surface area contributed by atoms with Gasteiger partial charge in [0.25, 0.3) is 5.69 Å². The molecule has 1 aliphatic carbocycles. The summed E-state index contributed by atoms with van der Waals surface area (Å²) in [5.74, 6) is -0.667. The highest BCUT2D eigenvalue weighted by atomic mass is 35.5. The van der Waals surface area contributed by atoms with E-state index >= 15 is 0 Å². The molecule has 0 aromatic heterocycles. The van der Waals surface area contributed by atoms with Gasteiger partial charge in [0.05, 0.1) is 31.3 Å². The number of nitrogens with zero attached hydrogens (tertiary/aromatic N) is 1. The number of unbranched alkanes of at least 4 members (excludes halogenated alkanes) is 1. The molecule has 39 heavy (non-hydrogen) atoms. The highest BCUT2D eigenvalue weighted by Gasteiger charge is 2.42. The number of hydrogen-bond acceptors (Lipinski definition) is 8. The minimum Gasteiger partial charge on any atom is -0.493 e. The number of nitro groups is 1. The number of ketones is 1. The Morgan fingerprint density at radius 1 is 1.13 bits per heavy atom. The first-order valence-corrected chi connectivity index (χ1v) is 13.1. The van der Waals surface area contributed by atoms with Gasteiger partial charge in [-0.1, -0.05) is 31.0 Å². The fourth-order valence-corrected chi connectivity index (χ4v) is 5.44. The van der Waals surface area contributed by atoms with Crippen molar-refractivity contribution in [3.05, 3.63) is 85.2 Å². The average Bonchev–Trinajstić information content (AvgIpc) is 2.91. The Bertz CT molecular complexity index is 1380. The number of methoxy groups -OCH3 is 2. The molecule has 2 unspecified atom stereocenters. The van der Waals surface area contributed by atoms with Gasteiger partial charge < -0.3 is 19.5 Å². The van der Waals surface area contributed by atoms with E-state index in [1.165, 1.54) is 18.2 Å². The lowest BCUT2D eigenvalue weighted by molar-refractivity contribution is -0.384. The second-order valence-electron chi connectivity index (χ2n) is 9.58. The smallest absolute Gasteiger partial charge is 0.336 e. The van der Waals surface area contributed by atoms with Crippen molar-refractivity contribution in [1.29, 1.82) is 0 Å². The van der Waals surface area contributed by atoms with Gasteiger partial charge in [0.2, 0.25) is 0 Å². The molecule has 206 valence electrons. The summed E-state index contributed by atoms with van der Waals surface area (Å²) in [6.45, 7) is 3.95. The highest BCUT2D eigenvalue weighted by Crippen LogP contribution is 2.48. The van der Waals surface area contributed by atoms with Crippen LogP contribution in [0.3, 0.4) is 0 Å². The minimum atomic E-state index is -0.901. The number of nitrogens with one attached hydrogen (secondary N) is 1. The molecule has 0 spiro atoms. The zero-order chi connectivity index (χ0) is 28.3. The van der Waals surface area contributed by atoms with E-state index in [9.17, 15) is 19.7 Å². The highest BCUT2D eigenvalue weighted by molar-refractivity contribution is 6.31. The number of benzene rings is 2. The van der Waals surface area contributed by atoms with Crippen LogP contribution < -0.4 is 14.8 Å². The number of rotatable bonds is 9. The van der Waals surface area contributed by atoms with Gasteiger partial charge in [-0.05, 0) is 55.0 Å². The number of halogens is 1. The van der Waals surface area contributed by atoms with Gasteiger partial charge in [-0.2, -0.15) is 0 Å². The third-order valence-electron chi connectivity index (χ3n) is 7.16. The summed E-state index contributed by atoms with van der Waals surface area (Å²) in [4.78, 5) is 38.2. The molecule has 2 aromatic carbocycles. The summed E-state index contributed by atoms with van der Waals surface area (Å²) in [7, 11) is 3.11. The second kappa shape index (κ2) is 11.9. The van der Waals surface area contributed by atoms with Crippen LogP contribution in [-0.4, -0.2) is 37.5 Å². The van der Waals surface area contributed by atoms with Gasteiger partial charge in [0.15, 0.2) is 17.3 Å². The van der Waals surface area contributed by atoms with E-state index in [1.807, 2.05) is 19.1 Å². The van der Waals surface area contributed by atoms with E-state index in [2.05, 4.69) is 5.32 Å². The predicted molar refractivity (Wildman–Crippen MR) is 146 cm³/mol. The van der Waals surface area contributed by atoms with Crippen molar-refractivity contribution in [2.24, 2.45) is 0 Å². The Balaban J connectivity index is 1.81. The maximum Gasteiger partial charge on any atom is 0.336 e. The van der Waals surface area contributed by atoms with Crippen LogP contribution in [0.4, 0.5) is 5.69 Å². The van der Waals surface area contributed by atoms with Crippen molar-refractivity contribution < 1.29 is 28.7 Å². The van der Waals surface area contributed by atoms with E-state index in [-0.39, 0.29) is 41.0 Å². The van der Waals surface area contributed by atoms with Gasteiger partial charge >= 0.3 is 5.97 Å². The summed E-state index contributed by atoms with van der Waals surface area (Å²) in [5.41, 5.74) is 2.82. The first-order chi connectivity index (χ1) is 18.7. The molecule has 0 bridgehead atoms. The summed E-state index contributed by atoms with van der Waals surface area (Å²) in [6, 6.07) is 9.63. The number of nitro benzene ring substituents is 1. The maximum atomic E-state index is 13.8. The van der Waals surface area contributed by atoms with Crippen LogP contribution in [0.5, 0.6) is 11.5 Å². The van der Waals surface area contributed by atoms with Gasteiger partial charge in [-0.15, -0.1) is 0 Å². The van der Waals surface area contributed by atoms with Crippen molar-refractivity contribution >= 4 is 29.0 Å². The zero-order valence-electron chi connectivity index (χ0n) is 22.3. The van der Waals surface area contributed by atoms with Gasteiger partial charge in [0.1, 0.15) is 0 Å². The van der Waals surface area contributed by atoms with Gasteiger partial charge in [-0.25, -0.2) is 4.79 Å². The van der Waals surface area contributed by atoms with E-state index in [1.54, 1.807) is 27.2 Å². The van der Waals surface area contributed by atoms with Crippen molar-refractivity contribution in [3.8, 4) is 11.5 Å². The van der Waals surface area contributed by atoms with Crippen LogP contribution in [0.15, 0.2) is 58.9 Å². The summed E-state index contributed by atoms with van der Waals surface area (Å²) >= 11 is 6.57. The molecule has 2 atom stereocenters. The molecular formula is C29H31ClN2O7. The lowest BCUT2D eigenvalue weighted by Crippen LogP contribution is -2.36. The van der Waals surface area contributed by atoms with E-state index in [4.69, 9.17) is 25.8 Å². The van der Waals surface area contributed by atoms with Crippen molar-refractivity contribution in [2.75, 3.05) is 20.8 Å². The van der Waals surface area contributed by atoms with E-state index in [0.29, 0.717) is 46.9 Å². The number of ether oxygens (including phenoxy) is 3. The molecule has 1 N–H and O–H groups in total. The molecule has 0 fully saturated rings. The van der Waals surface area contributed by atoms with Crippen LogP contribution in [0.2, 0.25) is 5.02 Å². The van der Waals surface area contributed by atoms with Crippen LogP contribution >= 0.6 is 11.6 Å². The number of esters is 1. The quantitative estimate of drug-likeness (QED) is 0.174. The molecule has 0 amide bonds. The topological polar surface area (TPSA) is 117 Å². The predicted octanol–water partition coefficient (Wildman–Crippen LogP) is 5.97. The van der Waals surface area contributed by atoms with E-state index in [0.717, 1.165) is 12.0 Å². The van der Waals surface area contributed by atoms with Crippen LogP contribution in [0, 0.1) is 10.1 Å².